The predicted molar refractivity (Wildman–Crippen MR) is 106 cm³/mol. The van der Waals surface area contributed by atoms with E-state index in [4.69, 9.17) is 11.6 Å². The van der Waals surface area contributed by atoms with Crippen LogP contribution in [0.2, 0.25) is 5.02 Å². The van der Waals surface area contributed by atoms with Crippen LogP contribution in [0.4, 0.5) is 11.4 Å². The first-order valence-corrected chi connectivity index (χ1v) is 8.57. The Labute approximate surface area is 159 Å². The summed E-state index contributed by atoms with van der Waals surface area (Å²) in [4.78, 5) is 12.3. The van der Waals surface area contributed by atoms with Crippen molar-refractivity contribution < 1.29 is 4.79 Å². The van der Waals surface area contributed by atoms with Crippen molar-refractivity contribution >= 4 is 51.5 Å². The van der Waals surface area contributed by atoms with E-state index < -0.39 is 5.91 Å². The van der Waals surface area contributed by atoms with Gasteiger partial charge in [0.1, 0.15) is 11.6 Å². The fourth-order valence-corrected chi connectivity index (χ4v) is 2.92. The van der Waals surface area contributed by atoms with Crippen molar-refractivity contribution in [2.24, 2.45) is 0 Å². The third kappa shape index (κ3) is 4.73. The molecule has 2 rings (SSSR count). The van der Waals surface area contributed by atoms with Gasteiger partial charge in [-0.2, -0.15) is 5.26 Å². The molecular weight excluding hydrogens is 437 g/mol. The highest BCUT2D eigenvalue weighted by Gasteiger charge is 2.11. The second kappa shape index (κ2) is 8.18. The number of carbonyl (C=O) groups is 1. The van der Waals surface area contributed by atoms with Gasteiger partial charge < -0.3 is 10.6 Å². The van der Waals surface area contributed by atoms with E-state index in [1.807, 2.05) is 38.1 Å². The zero-order chi connectivity index (χ0) is 17.7. The highest BCUT2D eigenvalue weighted by Crippen LogP contribution is 2.21. The number of nitrogens with zero attached hydrogens (tertiary/aromatic N) is 1. The number of benzene rings is 2. The van der Waals surface area contributed by atoms with E-state index in [0.29, 0.717) is 10.7 Å². The lowest BCUT2D eigenvalue weighted by molar-refractivity contribution is -0.112. The summed E-state index contributed by atoms with van der Waals surface area (Å²) in [5.74, 6) is -0.457. The van der Waals surface area contributed by atoms with Crippen LogP contribution < -0.4 is 10.6 Å². The van der Waals surface area contributed by atoms with Crippen molar-refractivity contribution in [3.63, 3.8) is 0 Å². The lowest BCUT2D eigenvalue weighted by Gasteiger charge is -2.09. The summed E-state index contributed by atoms with van der Waals surface area (Å²) in [6, 6.07) is 12.9. The van der Waals surface area contributed by atoms with Gasteiger partial charge in [0, 0.05) is 26.2 Å². The summed E-state index contributed by atoms with van der Waals surface area (Å²) < 4.78 is 1.08. The summed E-state index contributed by atoms with van der Waals surface area (Å²) in [5.41, 5.74) is 3.32. The van der Waals surface area contributed by atoms with Crippen LogP contribution in [0.5, 0.6) is 0 Å². The van der Waals surface area contributed by atoms with E-state index in [0.717, 1.165) is 20.4 Å². The Morgan fingerprint density at radius 2 is 1.83 bits per heavy atom. The number of nitrogens with one attached hydrogen (secondary N) is 2. The molecule has 2 N–H and O–H groups in total. The molecule has 0 aliphatic carbocycles. The van der Waals surface area contributed by atoms with Gasteiger partial charge in [0.05, 0.1) is 0 Å². The monoisotopic (exact) mass is 451 g/mol. The van der Waals surface area contributed by atoms with Crippen molar-refractivity contribution in [1.82, 2.24) is 0 Å². The molecule has 1 amide bonds. The largest absolute Gasteiger partial charge is 0.360 e. The van der Waals surface area contributed by atoms with Gasteiger partial charge in [-0.25, -0.2) is 0 Å². The maximum atomic E-state index is 12.3. The van der Waals surface area contributed by atoms with Gasteiger partial charge in [-0.05, 0) is 84.0 Å². The Kier molecular flexibility index (Phi) is 6.23. The average Bonchev–Trinajstić information content (AvgIpc) is 2.52. The lowest BCUT2D eigenvalue weighted by Crippen LogP contribution is -2.15. The molecule has 0 fully saturated rings. The Morgan fingerprint density at radius 1 is 1.17 bits per heavy atom. The SMILES string of the molecule is Cc1cc(Cl)ccc1N/C=C(/C#N)C(=O)Nc1ccc(I)cc1C. The van der Waals surface area contributed by atoms with Gasteiger partial charge >= 0.3 is 0 Å². The second-order valence-electron chi connectivity index (χ2n) is 5.19. The lowest BCUT2D eigenvalue weighted by atomic mass is 10.2. The summed E-state index contributed by atoms with van der Waals surface area (Å²) >= 11 is 8.12. The van der Waals surface area contributed by atoms with E-state index in [2.05, 4.69) is 33.2 Å². The fraction of sp³-hybridized carbons (Fsp3) is 0.111. The van der Waals surface area contributed by atoms with Crippen molar-refractivity contribution in [1.29, 1.82) is 5.26 Å². The van der Waals surface area contributed by atoms with Crippen LogP contribution in [-0.4, -0.2) is 5.91 Å². The molecule has 0 saturated carbocycles. The highest BCUT2D eigenvalue weighted by molar-refractivity contribution is 14.1. The van der Waals surface area contributed by atoms with Crippen LogP contribution in [0.1, 0.15) is 11.1 Å². The number of amides is 1. The minimum absolute atomic E-state index is 0.0118. The molecule has 0 aromatic heterocycles. The highest BCUT2D eigenvalue weighted by atomic mass is 127. The van der Waals surface area contributed by atoms with E-state index in [-0.39, 0.29) is 5.57 Å². The van der Waals surface area contributed by atoms with Crippen molar-refractivity contribution in [2.75, 3.05) is 10.6 Å². The molecule has 0 bridgehead atoms. The summed E-state index contributed by atoms with van der Waals surface area (Å²) in [6.07, 6.45) is 1.40. The quantitative estimate of drug-likeness (QED) is 0.390. The summed E-state index contributed by atoms with van der Waals surface area (Å²) in [5, 5.41) is 15.6. The van der Waals surface area contributed by atoms with Gasteiger partial charge in [0.25, 0.3) is 5.91 Å². The van der Waals surface area contributed by atoms with Crippen molar-refractivity contribution in [3.8, 4) is 6.07 Å². The number of hydrogen-bond acceptors (Lipinski definition) is 3. The summed E-state index contributed by atoms with van der Waals surface area (Å²) in [7, 11) is 0. The van der Waals surface area contributed by atoms with Crippen LogP contribution >= 0.6 is 34.2 Å². The zero-order valence-corrected chi connectivity index (χ0v) is 16.1. The molecule has 2 aromatic carbocycles. The molecule has 0 aliphatic heterocycles. The van der Waals surface area contributed by atoms with Gasteiger partial charge in [-0.1, -0.05) is 11.6 Å². The number of hydrogen-bond donors (Lipinski definition) is 2. The molecule has 122 valence electrons. The van der Waals surface area contributed by atoms with Gasteiger partial charge in [0.15, 0.2) is 0 Å². The minimum atomic E-state index is -0.457. The molecule has 6 heteroatoms. The molecule has 0 aliphatic rings. The van der Waals surface area contributed by atoms with E-state index in [1.54, 1.807) is 18.2 Å². The molecule has 0 atom stereocenters. The normalized spacial score (nSPS) is 10.9. The first-order chi connectivity index (χ1) is 11.4. The Bertz CT molecular complexity index is 856. The molecule has 0 spiro atoms. The number of aryl methyl sites for hydroxylation is 2. The number of halogens is 2. The molecule has 24 heavy (non-hydrogen) atoms. The molecule has 0 heterocycles. The summed E-state index contributed by atoms with van der Waals surface area (Å²) in [6.45, 7) is 3.80. The Hall–Kier alpha value is -2.04. The first-order valence-electron chi connectivity index (χ1n) is 7.11. The molecule has 0 saturated heterocycles. The molecule has 4 nitrogen and oxygen atoms in total. The number of rotatable bonds is 4. The average molecular weight is 452 g/mol. The maximum absolute atomic E-state index is 12.3. The topological polar surface area (TPSA) is 64.9 Å². The second-order valence-corrected chi connectivity index (χ2v) is 6.87. The first kappa shape index (κ1) is 18.3. The van der Waals surface area contributed by atoms with Gasteiger partial charge in [-0.3, -0.25) is 4.79 Å². The Morgan fingerprint density at radius 3 is 2.46 bits per heavy atom. The van der Waals surface area contributed by atoms with E-state index in [9.17, 15) is 10.1 Å². The predicted octanol–water partition coefficient (Wildman–Crippen LogP) is 5.02. The molecule has 0 unspecified atom stereocenters. The molecule has 2 aromatic rings. The third-order valence-corrected chi connectivity index (χ3v) is 4.27. The number of nitriles is 1. The van der Waals surface area contributed by atoms with Crippen LogP contribution in [0.15, 0.2) is 48.2 Å². The minimum Gasteiger partial charge on any atom is -0.360 e. The smallest absolute Gasteiger partial charge is 0.267 e. The number of anilines is 2. The van der Waals surface area contributed by atoms with E-state index >= 15 is 0 Å². The standard InChI is InChI=1S/C18H15ClIN3O/c1-11-7-14(19)3-5-16(11)22-10-13(9-21)18(24)23-17-6-4-15(20)8-12(17)2/h3-8,10,22H,1-2H3,(H,23,24)/b13-10-. The van der Waals surface area contributed by atoms with Gasteiger partial charge in [-0.15, -0.1) is 0 Å². The van der Waals surface area contributed by atoms with E-state index in [1.165, 1.54) is 6.20 Å². The van der Waals surface area contributed by atoms with Crippen LogP contribution in [0.3, 0.4) is 0 Å². The molecule has 0 radical (unpaired) electrons. The van der Waals surface area contributed by atoms with Crippen LogP contribution in [0, 0.1) is 28.7 Å². The van der Waals surface area contributed by atoms with Gasteiger partial charge in [0.2, 0.25) is 0 Å². The number of carbonyl (C=O) groups excluding carboxylic acids is 1. The molecular formula is C18H15ClIN3O. The fourth-order valence-electron chi connectivity index (χ4n) is 2.04. The Balaban J connectivity index is 2.15. The van der Waals surface area contributed by atoms with Crippen molar-refractivity contribution in [3.05, 3.63) is 67.9 Å². The maximum Gasteiger partial charge on any atom is 0.267 e. The third-order valence-electron chi connectivity index (χ3n) is 3.36. The van der Waals surface area contributed by atoms with Crippen LogP contribution in [-0.2, 0) is 4.79 Å². The van der Waals surface area contributed by atoms with Crippen molar-refractivity contribution in [2.45, 2.75) is 13.8 Å². The zero-order valence-electron chi connectivity index (χ0n) is 13.2. The van der Waals surface area contributed by atoms with Crippen LogP contribution in [0.25, 0.3) is 0 Å².